The molecule has 11 heteroatoms. The number of aliphatic carboxylic acids is 1. The largest absolute Gasteiger partial charge is 0.497 e. The SMILES string of the molecule is COc1cc(NC(C(=O)N2CC3(CC3)c3ccc(OC)cc32)c2ccc(Cl)cc2OC)cc(C(C)=NOCCC(=O)O)c1. The first-order valence-electron chi connectivity index (χ1n) is 13.9. The monoisotopic (exact) mass is 607 g/mol. The van der Waals surface area contributed by atoms with Crippen LogP contribution in [0.2, 0.25) is 5.02 Å². The molecule has 1 saturated carbocycles. The Hall–Kier alpha value is -4.44. The fraction of sp³-hybridized carbons (Fsp3) is 0.344. The maximum Gasteiger partial charge on any atom is 0.306 e. The molecule has 5 rings (SSSR count). The van der Waals surface area contributed by atoms with E-state index >= 15 is 0 Å². The average Bonchev–Trinajstić information content (AvgIpc) is 3.72. The van der Waals surface area contributed by atoms with E-state index < -0.39 is 12.0 Å². The summed E-state index contributed by atoms with van der Waals surface area (Å²) in [6, 6.07) is 15.7. The van der Waals surface area contributed by atoms with Gasteiger partial charge >= 0.3 is 5.97 Å². The van der Waals surface area contributed by atoms with E-state index in [1.54, 1.807) is 58.6 Å². The highest BCUT2D eigenvalue weighted by Crippen LogP contribution is 2.57. The van der Waals surface area contributed by atoms with Gasteiger partial charge in [0, 0.05) is 45.9 Å². The minimum Gasteiger partial charge on any atom is -0.497 e. The van der Waals surface area contributed by atoms with Gasteiger partial charge in [0.15, 0.2) is 0 Å². The first-order chi connectivity index (χ1) is 20.7. The van der Waals surface area contributed by atoms with Crippen molar-refractivity contribution >= 4 is 40.6 Å². The minimum atomic E-state index is -0.972. The van der Waals surface area contributed by atoms with Crippen molar-refractivity contribution in [2.24, 2.45) is 5.16 Å². The molecule has 1 atom stereocenters. The van der Waals surface area contributed by atoms with Gasteiger partial charge in [-0.15, -0.1) is 0 Å². The highest BCUT2D eigenvalue weighted by atomic mass is 35.5. The molecule has 1 fully saturated rings. The van der Waals surface area contributed by atoms with Crippen LogP contribution >= 0.6 is 11.6 Å². The Morgan fingerprint density at radius 3 is 2.47 bits per heavy atom. The number of carboxylic acids is 1. The van der Waals surface area contributed by atoms with E-state index in [0.717, 1.165) is 24.1 Å². The third kappa shape index (κ3) is 6.34. The smallest absolute Gasteiger partial charge is 0.306 e. The Labute approximate surface area is 255 Å². The number of ether oxygens (including phenoxy) is 3. The molecule has 3 aromatic carbocycles. The molecule has 1 heterocycles. The lowest BCUT2D eigenvalue weighted by atomic mass is 9.99. The molecular weight excluding hydrogens is 574 g/mol. The zero-order chi connectivity index (χ0) is 30.7. The van der Waals surface area contributed by atoms with Crippen LogP contribution in [-0.4, -0.2) is 57.2 Å². The molecule has 10 nitrogen and oxygen atoms in total. The summed E-state index contributed by atoms with van der Waals surface area (Å²) in [6.07, 6.45) is 1.87. The molecule has 0 bridgehead atoms. The van der Waals surface area contributed by atoms with Crippen LogP contribution in [0.5, 0.6) is 17.2 Å². The predicted octanol–water partition coefficient (Wildman–Crippen LogP) is 5.81. The van der Waals surface area contributed by atoms with Gasteiger partial charge in [0.05, 0.1) is 39.1 Å². The molecular formula is C32H34ClN3O7. The number of carbonyl (C=O) groups is 2. The van der Waals surface area contributed by atoms with Crippen molar-refractivity contribution in [3.05, 3.63) is 76.3 Å². The molecule has 1 spiro atoms. The van der Waals surface area contributed by atoms with Gasteiger partial charge in [-0.3, -0.25) is 9.59 Å². The normalized spacial score (nSPS) is 15.5. The second kappa shape index (κ2) is 12.4. The summed E-state index contributed by atoms with van der Waals surface area (Å²) in [5.41, 5.74) is 4.34. The lowest BCUT2D eigenvalue weighted by molar-refractivity contribution is -0.138. The number of benzene rings is 3. The van der Waals surface area contributed by atoms with E-state index in [0.29, 0.717) is 51.3 Å². The van der Waals surface area contributed by atoms with Gasteiger partial charge in [-0.2, -0.15) is 0 Å². The van der Waals surface area contributed by atoms with Crippen molar-refractivity contribution in [2.75, 3.05) is 44.7 Å². The Balaban J connectivity index is 1.53. The van der Waals surface area contributed by atoms with Gasteiger partial charge in [0.25, 0.3) is 5.91 Å². The van der Waals surface area contributed by atoms with E-state index in [1.165, 1.54) is 0 Å². The standard InChI is InChI=1S/C32H34ClN3O7/c1-19(35-43-12-9-29(37)38)20-13-22(16-24(14-20)41-3)34-30(25-7-5-21(33)15-28(25)42-4)31(39)36-18-32(10-11-32)26-8-6-23(40-2)17-27(26)36/h5-8,13-17,30,34H,9-12,18H2,1-4H3,(H,37,38). The first kappa shape index (κ1) is 30.0. The molecule has 0 saturated heterocycles. The van der Waals surface area contributed by atoms with Crippen LogP contribution in [-0.2, 0) is 19.8 Å². The van der Waals surface area contributed by atoms with Gasteiger partial charge in [-0.1, -0.05) is 28.9 Å². The van der Waals surface area contributed by atoms with Crippen LogP contribution in [0.25, 0.3) is 0 Å². The number of methoxy groups -OCH3 is 3. The van der Waals surface area contributed by atoms with Crippen LogP contribution < -0.4 is 24.4 Å². The summed E-state index contributed by atoms with van der Waals surface area (Å²) >= 11 is 6.29. The second-order valence-corrected chi connectivity index (χ2v) is 11.1. The summed E-state index contributed by atoms with van der Waals surface area (Å²) in [5, 5.41) is 16.8. The van der Waals surface area contributed by atoms with Crippen molar-refractivity contribution in [1.82, 2.24) is 0 Å². The molecule has 1 unspecified atom stereocenters. The zero-order valence-electron chi connectivity index (χ0n) is 24.5. The van der Waals surface area contributed by atoms with E-state index in [4.69, 9.17) is 35.8 Å². The molecule has 226 valence electrons. The molecule has 0 aromatic heterocycles. The predicted molar refractivity (Wildman–Crippen MR) is 164 cm³/mol. The zero-order valence-corrected chi connectivity index (χ0v) is 25.2. The number of amides is 1. The van der Waals surface area contributed by atoms with Crippen molar-refractivity contribution in [3.8, 4) is 17.2 Å². The van der Waals surface area contributed by atoms with Crippen LogP contribution in [0.4, 0.5) is 11.4 Å². The molecule has 3 aromatic rings. The molecule has 43 heavy (non-hydrogen) atoms. The lowest BCUT2D eigenvalue weighted by Gasteiger charge is -2.28. The van der Waals surface area contributed by atoms with Crippen LogP contribution in [0.1, 0.15) is 48.9 Å². The number of fused-ring (bicyclic) bond motifs is 2. The van der Waals surface area contributed by atoms with E-state index in [2.05, 4.69) is 16.5 Å². The maximum absolute atomic E-state index is 14.6. The molecule has 2 aliphatic rings. The summed E-state index contributed by atoms with van der Waals surface area (Å²) in [6.45, 7) is 2.26. The summed E-state index contributed by atoms with van der Waals surface area (Å²) in [5.74, 6) is 0.548. The van der Waals surface area contributed by atoms with Gasteiger partial charge in [0.2, 0.25) is 0 Å². The number of nitrogens with one attached hydrogen (secondary N) is 1. The van der Waals surface area contributed by atoms with E-state index in [1.807, 2.05) is 23.1 Å². The number of carboxylic acid groups (broad SMARTS) is 1. The molecule has 1 amide bonds. The van der Waals surface area contributed by atoms with Gasteiger partial charge in [-0.25, -0.2) is 0 Å². The summed E-state index contributed by atoms with van der Waals surface area (Å²) in [7, 11) is 4.70. The highest BCUT2D eigenvalue weighted by molar-refractivity contribution is 6.30. The van der Waals surface area contributed by atoms with E-state index in [-0.39, 0.29) is 24.3 Å². The first-order valence-corrected chi connectivity index (χ1v) is 14.2. The number of nitrogens with zero attached hydrogens (tertiary/aromatic N) is 2. The number of carbonyl (C=O) groups excluding carboxylic acids is 1. The van der Waals surface area contributed by atoms with Gasteiger partial charge in [-0.05, 0) is 55.7 Å². The number of hydrogen-bond acceptors (Lipinski definition) is 8. The molecule has 1 aliphatic carbocycles. The van der Waals surface area contributed by atoms with Crippen LogP contribution in [0, 0.1) is 0 Å². The quantitative estimate of drug-likeness (QED) is 0.150. The van der Waals surface area contributed by atoms with Crippen molar-refractivity contribution in [3.63, 3.8) is 0 Å². The van der Waals surface area contributed by atoms with Crippen molar-refractivity contribution in [2.45, 2.75) is 37.6 Å². The van der Waals surface area contributed by atoms with Crippen LogP contribution in [0.3, 0.4) is 0 Å². The number of rotatable bonds is 12. The third-order valence-corrected chi connectivity index (χ3v) is 8.12. The number of anilines is 2. The van der Waals surface area contributed by atoms with E-state index in [9.17, 15) is 9.59 Å². The molecule has 1 aliphatic heterocycles. The van der Waals surface area contributed by atoms with Crippen LogP contribution in [0.15, 0.2) is 59.8 Å². The number of hydrogen-bond donors (Lipinski definition) is 2. The average molecular weight is 608 g/mol. The fourth-order valence-electron chi connectivity index (χ4n) is 5.41. The molecule has 0 radical (unpaired) electrons. The number of oxime groups is 1. The number of halogens is 1. The Kier molecular flexibility index (Phi) is 8.68. The van der Waals surface area contributed by atoms with Crippen molar-refractivity contribution in [1.29, 1.82) is 0 Å². The van der Waals surface area contributed by atoms with Crippen molar-refractivity contribution < 1.29 is 33.7 Å². The minimum absolute atomic E-state index is 0.0384. The Morgan fingerprint density at radius 2 is 1.79 bits per heavy atom. The third-order valence-electron chi connectivity index (χ3n) is 7.88. The van der Waals surface area contributed by atoms with Gasteiger partial charge < -0.3 is 34.4 Å². The highest BCUT2D eigenvalue weighted by Gasteiger charge is 2.53. The maximum atomic E-state index is 14.6. The Morgan fingerprint density at radius 1 is 1.02 bits per heavy atom. The summed E-state index contributed by atoms with van der Waals surface area (Å²) in [4.78, 5) is 32.4. The second-order valence-electron chi connectivity index (χ2n) is 10.7. The molecule has 2 N–H and O–H groups in total. The van der Waals surface area contributed by atoms with Gasteiger partial charge in [0.1, 0.15) is 29.9 Å². The lowest BCUT2D eigenvalue weighted by Crippen LogP contribution is -2.38. The Bertz CT molecular complexity index is 1570. The topological polar surface area (TPSA) is 119 Å². The fourth-order valence-corrected chi connectivity index (χ4v) is 5.58. The summed E-state index contributed by atoms with van der Waals surface area (Å²) < 4.78 is 16.7.